The van der Waals surface area contributed by atoms with Crippen LogP contribution in [0.15, 0.2) is 12.4 Å². The van der Waals surface area contributed by atoms with Crippen LogP contribution in [0.4, 0.5) is 0 Å². The van der Waals surface area contributed by atoms with E-state index >= 15 is 0 Å². The van der Waals surface area contributed by atoms with Gasteiger partial charge in [-0.1, -0.05) is 0 Å². The third-order valence-electron chi connectivity index (χ3n) is 4.78. The van der Waals surface area contributed by atoms with Crippen molar-refractivity contribution in [2.75, 3.05) is 31.6 Å². The molecule has 2 aliphatic rings. The number of sulfone groups is 1. The minimum absolute atomic E-state index is 0.0488. The van der Waals surface area contributed by atoms with Gasteiger partial charge in [0.05, 0.1) is 17.6 Å². The van der Waals surface area contributed by atoms with Gasteiger partial charge >= 0.3 is 0 Å². The Morgan fingerprint density at radius 3 is 2.62 bits per heavy atom. The van der Waals surface area contributed by atoms with E-state index < -0.39 is 9.84 Å². The number of nitrogens with zero attached hydrogens (tertiary/aromatic N) is 3. The molecule has 0 bridgehead atoms. The molecule has 1 aromatic rings. The summed E-state index contributed by atoms with van der Waals surface area (Å²) in [5.41, 5.74) is 1.10. The van der Waals surface area contributed by atoms with Crippen LogP contribution in [-0.4, -0.2) is 66.9 Å². The summed E-state index contributed by atoms with van der Waals surface area (Å²) in [6, 6.07) is 0.0488. The minimum atomic E-state index is -2.97. The normalized spacial score (nSPS) is 24.9. The van der Waals surface area contributed by atoms with E-state index in [2.05, 4.69) is 20.2 Å². The monoisotopic (exact) mass is 352 g/mol. The first-order valence-electron chi connectivity index (χ1n) is 8.31. The molecule has 0 spiro atoms. The third-order valence-corrected chi connectivity index (χ3v) is 5.70. The highest BCUT2D eigenvalue weighted by Crippen LogP contribution is 2.41. The van der Waals surface area contributed by atoms with E-state index in [-0.39, 0.29) is 17.7 Å². The largest absolute Gasteiger partial charge is 0.346 e. The lowest BCUT2D eigenvalue weighted by Gasteiger charge is -2.19. The summed E-state index contributed by atoms with van der Waals surface area (Å²) in [6.07, 6.45) is 6.73. The van der Waals surface area contributed by atoms with E-state index in [4.69, 9.17) is 0 Å². The summed E-state index contributed by atoms with van der Waals surface area (Å²) >= 11 is 0. The number of aromatic nitrogens is 2. The molecule has 132 valence electrons. The number of carbonyl (C=O) groups excluding carboxylic acids is 1. The molecule has 2 atom stereocenters. The zero-order chi connectivity index (χ0) is 17.3. The summed E-state index contributed by atoms with van der Waals surface area (Å²) in [5.74, 6) is 0.992. The Labute approximate surface area is 142 Å². The van der Waals surface area contributed by atoms with Gasteiger partial charge in [0, 0.05) is 38.1 Å². The average molecular weight is 352 g/mol. The maximum Gasteiger partial charge on any atom is 0.271 e. The Hall–Kier alpha value is -1.54. The zero-order valence-corrected chi connectivity index (χ0v) is 14.9. The molecule has 0 radical (unpaired) electrons. The van der Waals surface area contributed by atoms with Gasteiger partial charge in [-0.3, -0.25) is 14.7 Å². The maximum absolute atomic E-state index is 12.4. The molecule has 1 aliphatic carbocycles. The molecule has 2 fully saturated rings. The third kappa shape index (κ3) is 4.51. The van der Waals surface area contributed by atoms with Gasteiger partial charge in [-0.25, -0.2) is 13.4 Å². The van der Waals surface area contributed by atoms with Gasteiger partial charge in [0.1, 0.15) is 15.5 Å². The number of carbonyl (C=O) groups is 1. The zero-order valence-electron chi connectivity index (χ0n) is 14.1. The maximum atomic E-state index is 12.4. The summed E-state index contributed by atoms with van der Waals surface area (Å²) in [5, 5.41) is 3.08. The number of likely N-dealkylation sites (tertiary alicyclic amines) is 1. The Bertz CT molecular complexity index is 701. The van der Waals surface area contributed by atoms with Crippen LogP contribution >= 0.6 is 0 Å². The van der Waals surface area contributed by atoms with Crippen molar-refractivity contribution < 1.29 is 13.2 Å². The SMILES string of the molecule is Cc1cnc(C(=O)N[C@@H]2CN(CCS(C)(=O)=O)C[C@H]2C2CC2)cn1. The fraction of sp³-hybridized carbons (Fsp3) is 0.688. The van der Waals surface area contributed by atoms with E-state index in [0.29, 0.717) is 30.6 Å². The van der Waals surface area contributed by atoms with Crippen LogP contribution < -0.4 is 5.32 Å². The average Bonchev–Trinajstić information content (AvgIpc) is 3.27. The Kier molecular flexibility index (Phi) is 4.87. The lowest BCUT2D eigenvalue weighted by atomic mass is 9.98. The van der Waals surface area contributed by atoms with Gasteiger partial charge in [-0.05, 0) is 31.6 Å². The van der Waals surface area contributed by atoms with Gasteiger partial charge in [-0.15, -0.1) is 0 Å². The molecule has 8 heteroatoms. The molecule has 3 rings (SSSR count). The fourth-order valence-corrected chi connectivity index (χ4v) is 3.89. The molecule has 1 saturated heterocycles. The number of nitrogens with one attached hydrogen (secondary N) is 1. The highest BCUT2D eigenvalue weighted by molar-refractivity contribution is 7.90. The van der Waals surface area contributed by atoms with Crippen molar-refractivity contribution in [3.05, 3.63) is 23.8 Å². The lowest BCUT2D eigenvalue weighted by molar-refractivity contribution is 0.0922. The van der Waals surface area contributed by atoms with Crippen molar-refractivity contribution in [2.45, 2.75) is 25.8 Å². The topological polar surface area (TPSA) is 92.3 Å². The molecule has 1 amide bonds. The minimum Gasteiger partial charge on any atom is -0.346 e. The molecule has 1 saturated carbocycles. The number of aryl methyl sites for hydroxylation is 1. The molecular formula is C16H24N4O3S. The van der Waals surface area contributed by atoms with E-state index in [1.807, 2.05) is 6.92 Å². The second-order valence-corrected chi connectivity index (χ2v) is 9.27. The molecule has 0 unspecified atom stereocenters. The van der Waals surface area contributed by atoms with Crippen molar-refractivity contribution in [3.63, 3.8) is 0 Å². The standard InChI is InChI=1S/C16H24N4O3S/c1-11-7-18-14(8-17-11)16(21)19-15-10-20(5-6-24(2,22)23)9-13(15)12-3-4-12/h7-8,12-13,15H,3-6,9-10H2,1-2H3,(H,19,21)/t13-,15+/m0/s1. The fourth-order valence-electron chi connectivity index (χ4n) is 3.30. The first-order chi connectivity index (χ1) is 11.3. The first kappa shape index (κ1) is 17.3. The molecule has 1 N–H and O–H groups in total. The molecule has 7 nitrogen and oxygen atoms in total. The van der Waals surface area contributed by atoms with E-state index in [0.717, 1.165) is 12.2 Å². The van der Waals surface area contributed by atoms with Crippen molar-refractivity contribution in [1.29, 1.82) is 0 Å². The Balaban J connectivity index is 1.62. The Morgan fingerprint density at radius 1 is 1.29 bits per heavy atom. The highest BCUT2D eigenvalue weighted by atomic mass is 32.2. The number of hydrogen-bond donors (Lipinski definition) is 1. The van der Waals surface area contributed by atoms with Crippen molar-refractivity contribution in [3.8, 4) is 0 Å². The number of hydrogen-bond acceptors (Lipinski definition) is 6. The van der Waals surface area contributed by atoms with E-state index in [1.165, 1.54) is 25.3 Å². The Morgan fingerprint density at radius 2 is 2.04 bits per heavy atom. The summed E-state index contributed by atoms with van der Waals surface area (Å²) in [7, 11) is -2.97. The molecule has 1 aliphatic heterocycles. The number of amides is 1. The summed E-state index contributed by atoms with van der Waals surface area (Å²) in [6.45, 7) is 3.90. The summed E-state index contributed by atoms with van der Waals surface area (Å²) in [4.78, 5) is 22.8. The first-order valence-corrected chi connectivity index (χ1v) is 10.4. The quantitative estimate of drug-likeness (QED) is 0.790. The smallest absolute Gasteiger partial charge is 0.271 e. The van der Waals surface area contributed by atoms with Crippen LogP contribution in [-0.2, 0) is 9.84 Å². The van der Waals surface area contributed by atoms with Crippen LogP contribution in [0.25, 0.3) is 0 Å². The van der Waals surface area contributed by atoms with Crippen LogP contribution in [0.3, 0.4) is 0 Å². The van der Waals surface area contributed by atoms with E-state index in [1.54, 1.807) is 6.20 Å². The molecular weight excluding hydrogens is 328 g/mol. The van der Waals surface area contributed by atoms with Crippen molar-refractivity contribution >= 4 is 15.7 Å². The van der Waals surface area contributed by atoms with Crippen molar-refractivity contribution in [2.24, 2.45) is 11.8 Å². The molecule has 24 heavy (non-hydrogen) atoms. The van der Waals surface area contributed by atoms with Gasteiger partial charge < -0.3 is 5.32 Å². The second kappa shape index (κ2) is 6.76. The van der Waals surface area contributed by atoms with E-state index in [9.17, 15) is 13.2 Å². The summed E-state index contributed by atoms with van der Waals surface area (Å²) < 4.78 is 22.8. The van der Waals surface area contributed by atoms with Crippen molar-refractivity contribution in [1.82, 2.24) is 20.2 Å². The number of rotatable bonds is 6. The predicted octanol–water partition coefficient (Wildman–Crippen LogP) is 0.270. The second-order valence-electron chi connectivity index (χ2n) is 7.01. The van der Waals surface area contributed by atoms with Crippen LogP contribution in [0.2, 0.25) is 0 Å². The van der Waals surface area contributed by atoms with Crippen LogP contribution in [0.1, 0.15) is 29.0 Å². The predicted molar refractivity (Wildman–Crippen MR) is 90.4 cm³/mol. The molecule has 0 aromatic carbocycles. The lowest BCUT2D eigenvalue weighted by Crippen LogP contribution is -2.41. The van der Waals surface area contributed by atoms with Crippen LogP contribution in [0.5, 0.6) is 0 Å². The molecule has 2 heterocycles. The van der Waals surface area contributed by atoms with Gasteiger partial charge in [-0.2, -0.15) is 0 Å². The molecule has 1 aromatic heterocycles. The van der Waals surface area contributed by atoms with Crippen LogP contribution in [0, 0.1) is 18.8 Å². The van der Waals surface area contributed by atoms with Gasteiger partial charge in [0.15, 0.2) is 0 Å². The highest BCUT2D eigenvalue weighted by Gasteiger charge is 2.43. The van der Waals surface area contributed by atoms with Gasteiger partial charge in [0.2, 0.25) is 0 Å². The van der Waals surface area contributed by atoms with Gasteiger partial charge in [0.25, 0.3) is 5.91 Å².